The molecule has 10 heteroatoms. The first-order chi connectivity index (χ1) is 0. The molecule has 0 aromatic heterocycles. The van der Waals surface area contributed by atoms with E-state index in [-0.39, 0.29) is 182 Å². The van der Waals surface area contributed by atoms with Gasteiger partial charge in [0.25, 0.3) is 0 Å². The summed E-state index contributed by atoms with van der Waals surface area (Å²) in [7, 11) is 0. The normalized spacial score (nSPS) is 0. The van der Waals surface area contributed by atoms with E-state index in [0.29, 0.717) is 0 Å². The van der Waals surface area contributed by atoms with Crippen molar-refractivity contribution in [2.45, 2.75) is 0 Å². The molecule has 0 aromatic rings. The van der Waals surface area contributed by atoms with Gasteiger partial charge in [-0.1, -0.05) is 0 Å². The van der Waals surface area contributed by atoms with Crippen molar-refractivity contribution in [1.82, 2.24) is 0 Å². The third-order valence-electron chi connectivity index (χ3n) is 0. The molecule has 0 aromatic carbocycles. The Morgan fingerprint density at radius 2 is 0.300 bits per heavy atom. The van der Waals surface area contributed by atoms with Gasteiger partial charge in [0.1, 0.15) is 0 Å². The fourth-order valence-corrected chi connectivity index (χ4v) is 0. The van der Waals surface area contributed by atoms with Gasteiger partial charge in [0.15, 0.2) is 0 Å². The number of hydrogen-bond donors (Lipinski definition) is 0. The van der Waals surface area contributed by atoms with E-state index in [1.54, 1.807) is 0 Å². The van der Waals surface area contributed by atoms with Gasteiger partial charge in [-0.15, -0.1) is 0 Å². The van der Waals surface area contributed by atoms with Gasteiger partial charge in [0.2, 0.25) is 0 Å². The number of rotatable bonds is 0. The minimum atomic E-state index is 0. The molecule has 0 rings (SSSR count). The van der Waals surface area contributed by atoms with E-state index >= 15 is 0 Å². The molecule has 10 heavy (non-hydrogen) atoms. The number of hydrogen-bond acceptors (Lipinski definition) is 0. The van der Waals surface area contributed by atoms with Crippen LogP contribution in [0.1, 0.15) is 25.7 Å². The summed E-state index contributed by atoms with van der Waals surface area (Å²) in [6, 6.07) is 0. The predicted octanol–water partition coefficient (Wildman–Crippen LogP) is -6.98. The van der Waals surface area contributed by atoms with Crippen LogP contribution in [-0.4, -0.2) is 0 Å². The average molecular weight is 515 g/mol. The molecule has 0 bridgehead atoms. The average Bonchev–Trinajstić information content (AvgIpc) is 0. The predicted molar refractivity (Wildman–Crippen MR) is 20.0 cm³/mol. The van der Waals surface area contributed by atoms with Crippen molar-refractivity contribution in [2.75, 3.05) is 0 Å². The smallest absolute Gasteiger partial charge is 1.00 e. The van der Waals surface area contributed by atoms with Crippen molar-refractivity contribution >= 4 is 0 Å². The Labute approximate surface area is 181 Å². The van der Waals surface area contributed by atoms with Crippen molar-refractivity contribution in [1.29, 1.82) is 0 Å². The van der Waals surface area contributed by atoms with Crippen LogP contribution in [0.2, 0.25) is 0 Å². The van der Waals surface area contributed by atoms with E-state index in [0.717, 1.165) is 0 Å². The molecule has 0 heterocycles. The van der Waals surface area contributed by atoms with E-state index in [2.05, 4.69) is 0 Å². The standard InChI is InChI=1S/3ClH.7Fe.18H/h3*1H;;;;;;;;;;;;;;;;;;;;;;;;;/q;;;7*+3;18*-1/p-3. The van der Waals surface area contributed by atoms with Gasteiger partial charge in [-0.3, -0.25) is 0 Å². The van der Waals surface area contributed by atoms with Gasteiger partial charge in [0, 0.05) is 0 Å². The molecular formula is H18Cl3Fe7. The summed E-state index contributed by atoms with van der Waals surface area (Å²) in [5.74, 6) is 0. The first-order valence-electron chi connectivity index (χ1n) is 0. The second-order valence-corrected chi connectivity index (χ2v) is 0. The van der Waals surface area contributed by atoms with Gasteiger partial charge in [-0.05, 0) is 0 Å². The third-order valence-corrected chi connectivity index (χ3v) is 0. The van der Waals surface area contributed by atoms with Crippen molar-refractivity contribution in [3.8, 4) is 0 Å². The largest absolute Gasteiger partial charge is 3.00 e. The first-order valence-corrected chi connectivity index (χ1v) is 0. The summed E-state index contributed by atoms with van der Waals surface area (Å²) in [4.78, 5) is 0. The van der Waals surface area contributed by atoms with Crippen LogP contribution in [0.5, 0.6) is 0 Å². The van der Waals surface area contributed by atoms with Crippen LogP contribution in [0.25, 0.3) is 0 Å². The van der Waals surface area contributed by atoms with Crippen molar-refractivity contribution < 1.29 is 182 Å². The molecule has 0 aliphatic heterocycles. The fraction of sp³-hybridized carbons (Fsp3) is 0. The topological polar surface area (TPSA) is 0 Å². The maximum Gasteiger partial charge on any atom is 3.00 e. The minimum Gasteiger partial charge on any atom is -1.00 e. The Balaban J connectivity index is 0. The zero-order valence-corrected chi connectivity index (χ0v) is 13.6. The van der Waals surface area contributed by atoms with Gasteiger partial charge >= 0.3 is 119 Å². The zero-order chi connectivity index (χ0) is 0. The summed E-state index contributed by atoms with van der Waals surface area (Å²) in [6.45, 7) is 0. The molecule has 0 nitrogen and oxygen atoms in total. The molecule has 0 saturated heterocycles. The summed E-state index contributed by atoms with van der Waals surface area (Å²) in [5.41, 5.74) is 0. The first kappa shape index (κ1) is 130. The van der Waals surface area contributed by atoms with E-state index < -0.39 is 0 Å². The maximum absolute atomic E-state index is 0. The van der Waals surface area contributed by atoms with Crippen LogP contribution < -0.4 is 37.2 Å². The Morgan fingerprint density at radius 3 is 0.300 bits per heavy atom. The second kappa shape index (κ2) is 104. The van der Waals surface area contributed by atoms with Gasteiger partial charge < -0.3 is 62.9 Å². The second-order valence-electron chi connectivity index (χ2n) is 0. The molecule has 0 amide bonds. The van der Waals surface area contributed by atoms with Crippen molar-refractivity contribution in [3.63, 3.8) is 0 Å². The SMILES string of the molecule is [Cl-].[Cl-].[Cl-].[Fe+3].[Fe+3].[Fe+3].[Fe+3].[Fe+3].[Fe+3].[Fe+3].[H-].[H-].[H-].[H-].[H-].[H-].[H-].[H-].[H-].[H-].[H-].[H-].[H-].[H-].[H-].[H-].[H-].[H-]. The molecule has 0 N–H and O–H groups in total. The quantitative estimate of drug-likeness (QED) is 0.282. The van der Waals surface area contributed by atoms with Crippen LogP contribution >= 0.6 is 0 Å². The molecule has 0 saturated carbocycles. The number of halogens is 3. The fourth-order valence-electron chi connectivity index (χ4n) is 0. The van der Waals surface area contributed by atoms with E-state index in [4.69, 9.17) is 0 Å². The molecule has 0 atom stereocenters. The third kappa shape index (κ3) is 81.5. The van der Waals surface area contributed by atoms with E-state index in [9.17, 15) is 0 Å². The summed E-state index contributed by atoms with van der Waals surface area (Å²) < 4.78 is 0. The van der Waals surface area contributed by atoms with E-state index in [1.807, 2.05) is 0 Å². The van der Waals surface area contributed by atoms with Gasteiger partial charge in [-0.25, -0.2) is 0 Å². The summed E-state index contributed by atoms with van der Waals surface area (Å²) >= 11 is 0. The Hall–Kier alpha value is 4.51. The molecule has 95 valence electrons. The Kier molecular flexibility index (Phi) is 1360. The molecule has 0 fully saturated rings. The molecule has 0 aliphatic rings. The van der Waals surface area contributed by atoms with Crippen molar-refractivity contribution in [3.05, 3.63) is 0 Å². The van der Waals surface area contributed by atoms with Crippen LogP contribution in [0.4, 0.5) is 0 Å². The molecule has 0 aliphatic carbocycles. The van der Waals surface area contributed by atoms with E-state index in [1.165, 1.54) is 0 Å². The van der Waals surface area contributed by atoms with Crippen molar-refractivity contribution in [2.24, 2.45) is 0 Å². The Bertz CT molecular complexity index is 35.1. The molecule has 7 radical (unpaired) electrons. The van der Waals surface area contributed by atoms with Crippen LogP contribution in [0, 0.1) is 0 Å². The molecule has 0 unspecified atom stereocenters. The van der Waals surface area contributed by atoms with Crippen LogP contribution in [0.15, 0.2) is 0 Å². The van der Waals surface area contributed by atoms with Crippen LogP contribution in [-0.2, 0) is 119 Å². The summed E-state index contributed by atoms with van der Waals surface area (Å²) in [5, 5.41) is 0. The monoisotopic (exact) mass is 515 g/mol. The molecular weight excluding hydrogens is 497 g/mol. The van der Waals surface area contributed by atoms with Gasteiger partial charge in [-0.2, -0.15) is 0 Å². The minimum absolute atomic E-state index is 0. The Morgan fingerprint density at radius 1 is 0.300 bits per heavy atom. The summed E-state index contributed by atoms with van der Waals surface area (Å²) in [6.07, 6.45) is 0. The zero-order valence-electron chi connectivity index (χ0n) is 21.6. The van der Waals surface area contributed by atoms with Gasteiger partial charge in [0.05, 0.1) is 0 Å². The maximum atomic E-state index is 0. The van der Waals surface area contributed by atoms with Crippen LogP contribution in [0.3, 0.4) is 0 Å². The molecule has 0 spiro atoms.